The SMILES string of the molecule is N#CNc1ncc(Cc2ccccc2)c(C=Cc2ccccc2)n1. The lowest BCUT2D eigenvalue weighted by atomic mass is 10.0. The molecule has 0 atom stereocenters. The highest BCUT2D eigenvalue weighted by Crippen LogP contribution is 2.16. The number of nitriles is 1. The van der Waals surface area contributed by atoms with Crippen molar-refractivity contribution < 1.29 is 0 Å². The molecule has 1 aromatic heterocycles. The van der Waals surface area contributed by atoms with Gasteiger partial charge in [0.1, 0.15) is 0 Å². The molecule has 1 N–H and O–H groups in total. The summed E-state index contributed by atoms with van der Waals surface area (Å²) >= 11 is 0. The van der Waals surface area contributed by atoms with Crippen molar-refractivity contribution in [3.8, 4) is 6.19 Å². The van der Waals surface area contributed by atoms with Gasteiger partial charge in [0.25, 0.3) is 0 Å². The summed E-state index contributed by atoms with van der Waals surface area (Å²) < 4.78 is 0. The number of nitrogens with one attached hydrogen (secondary N) is 1. The molecule has 0 spiro atoms. The van der Waals surface area contributed by atoms with Gasteiger partial charge in [0, 0.05) is 18.2 Å². The van der Waals surface area contributed by atoms with Gasteiger partial charge >= 0.3 is 0 Å². The highest BCUT2D eigenvalue weighted by atomic mass is 15.1. The average Bonchev–Trinajstić information content (AvgIpc) is 2.64. The molecule has 0 unspecified atom stereocenters. The predicted molar refractivity (Wildman–Crippen MR) is 95.9 cm³/mol. The third-order valence-electron chi connectivity index (χ3n) is 3.54. The summed E-state index contributed by atoms with van der Waals surface area (Å²) in [5.41, 5.74) is 4.10. The summed E-state index contributed by atoms with van der Waals surface area (Å²) in [5.74, 6) is 0.307. The van der Waals surface area contributed by atoms with Crippen LogP contribution in [0, 0.1) is 11.5 Å². The van der Waals surface area contributed by atoms with Crippen molar-refractivity contribution in [3.63, 3.8) is 0 Å². The zero-order chi connectivity index (χ0) is 16.6. The van der Waals surface area contributed by atoms with Gasteiger partial charge in [-0.3, -0.25) is 5.32 Å². The quantitative estimate of drug-likeness (QED) is 0.568. The monoisotopic (exact) mass is 312 g/mol. The van der Waals surface area contributed by atoms with Crippen molar-refractivity contribution in [3.05, 3.63) is 89.2 Å². The Morgan fingerprint density at radius 2 is 1.67 bits per heavy atom. The molecule has 0 aliphatic heterocycles. The predicted octanol–water partition coefficient (Wildman–Crippen LogP) is 4.13. The molecule has 0 radical (unpaired) electrons. The molecule has 0 fully saturated rings. The van der Waals surface area contributed by atoms with E-state index in [1.54, 1.807) is 6.20 Å². The molecule has 3 rings (SSSR count). The van der Waals surface area contributed by atoms with Crippen molar-refractivity contribution in [2.24, 2.45) is 0 Å². The van der Waals surface area contributed by atoms with Crippen LogP contribution in [-0.2, 0) is 6.42 Å². The second-order valence-electron chi connectivity index (χ2n) is 5.25. The van der Waals surface area contributed by atoms with Gasteiger partial charge in [-0.25, -0.2) is 9.97 Å². The normalized spacial score (nSPS) is 10.5. The standard InChI is InChI=1S/C20H16N4/c21-15-23-20-22-14-18(13-17-9-5-2-6-10-17)19(24-20)12-11-16-7-3-1-4-8-16/h1-12,14H,13H2,(H,22,23,24). The largest absolute Gasteiger partial charge is 0.261 e. The van der Waals surface area contributed by atoms with Crippen LogP contribution in [0.15, 0.2) is 66.9 Å². The average molecular weight is 312 g/mol. The second-order valence-corrected chi connectivity index (χ2v) is 5.25. The van der Waals surface area contributed by atoms with Crippen LogP contribution in [0.3, 0.4) is 0 Å². The maximum Gasteiger partial charge on any atom is 0.236 e. The molecular formula is C20H16N4. The first kappa shape index (κ1) is 15.4. The minimum atomic E-state index is 0.307. The van der Waals surface area contributed by atoms with Gasteiger partial charge in [-0.05, 0) is 17.2 Å². The molecule has 2 aromatic carbocycles. The second kappa shape index (κ2) is 7.70. The van der Waals surface area contributed by atoms with E-state index in [0.717, 1.165) is 23.2 Å². The summed E-state index contributed by atoms with van der Waals surface area (Å²) in [6.07, 6.45) is 8.32. The molecule has 24 heavy (non-hydrogen) atoms. The van der Waals surface area contributed by atoms with Crippen molar-refractivity contribution >= 4 is 18.1 Å². The molecule has 1 heterocycles. The number of rotatable bonds is 5. The summed E-state index contributed by atoms with van der Waals surface area (Å²) in [6, 6.07) is 20.2. The van der Waals surface area contributed by atoms with E-state index in [9.17, 15) is 0 Å². The number of aromatic nitrogens is 2. The Labute approximate surface area is 141 Å². The molecule has 0 amide bonds. The zero-order valence-electron chi connectivity index (χ0n) is 13.1. The van der Waals surface area contributed by atoms with E-state index in [1.165, 1.54) is 5.56 Å². The van der Waals surface area contributed by atoms with Crippen molar-refractivity contribution in [1.29, 1.82) is 5.26 Å². The van der Waals surface area contributed by atoms with Gasteiger partial charge in [0.15, 0.2) is 6.19 Å². The Hall–Kier alpha value is -3.45. The topological polar surface area (TPSA) is 61.6 Å². The van der Waals surface area contributed by atoms with Crippen LogP contribution in [0.25, 0.3) is 12.2 Å². The fourth-order valence-electron chi connectivity index (χ4n) is 2.37. The Bertz CT molecular complexity index is 865. The molecule has 0 bridgehead atoms. The lowest BCUT2D eigenvalue weighted by molar-refractivity contribution is 1.06. The Balaban J connectivity index is 1.93. The summed E-state index contributed by atoms with van der Waals surface area (Å²) in [5, 5.41) is 11.3. The van der Waals surface area contributed by atoms with Crippen LogP contribution >= 0.6 is 0 Å². The van der Waals surface area contributed by atoms with Crippen LogP contribution in [-0.4, -0.2) is 9.97 Å². The Morgan fingerprint density at radius 3 is 2.38 bits per heavy atom. The smallest absolute Gasteiger partial charge is 0.236 e. The van der Waals surface area contributed by atoms with Crippen molar-refractivity contribution in [2.45, 2.75) is 6.42 Å². The van der Waals surface area contributed by atoms with Crippen LogP contribution in [0.2, 0.25) is 0 Å². The van der Waals surface area contributed by atoms with Crippen LogP contribution in [0.1, 0.15) is 22.4 Å². The van der Waals surface area contributed by atoms with Crippen LogP contribution in [0.4, 0.5) is 5.95 Å². The summed E-state index contributed by atoms with van der Waals surface area (Å²) in [4.78, 5) is 8.64. The van der Waals surface area contributed by atoms with Crippen LogP contribution < -0.4 is 5.32 Å². The maximum absolute atomic E-state index is 8.76. The third-order valence-corrected chi connectivity index (χ3v) is 3.54. The molecule has 3 aromatic rings. The first-order valence-electron chi connectivity index (χ1n) is 7.63. The Kier molecular flexibility index (Phi) is 4.96. The minimum absolute atomic E-state index is 0.307. The molecular weight excluding hydrogens is 296 g/mol. The van der Waals surface area contributed by atoms with Gasteiger partial charge < -0.3 is 0 Å². The number of hydrogen-bond acceptors (Lipinski definition) is 4. The van der Waals surface area contributed by atoms with Gasteiger partial charge in [0.05, 0.1) is 5.69 Å². The number of hydrogen-bond donors (Lipinski definition) is 1. The summed E-state index contributed by atoms with van der Waals surface area (Å²) in [6.45, 7) is 0. The fourth-order valence-corrected chi connectivity index (χ4v) is 2.37. The first-order valence-corrected chi connectivity index (χ1v) is 7.63. The van der Waals surface area contributed by atoms with E-state index in [0.29, 0.717) is 5.95 Å². The molecule has 0 aliphatic carbocycles. The number of anilines is 1. The molecule has 0 saturated carbocycles. The van der Waals surface area contributed by atoms with Gasteiger partial charge in [-0.2, -0.15) is 5.26 Å². The van der Waals surface area contributed by atoms with Gasteiger partial charge in [0.2, 0.25) is 5.95 Å². The van der Waals surface area contributed by atoms with Gasteiger partial charge in [-0.15, -0.1) is 0 Å². The highest BCUT2D eigenvalue weighted by Gasteiger charge is 2.06. The minimum Gasteiger partial charge on any atom is -0.261 e. The molecule has 0 aliphatic rings. The fraction of sp³-hybridized carbons (Fsp3) is 0.0500. The zero-order valence-corrected chi connectivity index (χ0v) is 13.1. The van der Waals surface area contributed by atoms with E-state index in [-0.39, 0.29) is 0 Å². The van der Waals surface area contributed by atoms with Crippen LogP contribution in [0.5, 0.6) is 0 Å². The number of nitrogens with zero attached hydrogens (tertiary/aromatic N) is 3. The van der Waals surface area contributed by atoms with E-state index in [2.05, 4.69) is 27.4 Å². The van der Waals surface area contributed by atoms with E-state index >= 15 is 0 Å². The summed E-state index contributed by atoms with van der Waals surface area (Å²) in [7, 11) is 0. The first-order chi connectivity index (χ1) is 11.8. The molecule has 4 heteroatoms. The maximum atomic E-state index is 8.76. The van der Waals surface area contributed by atoms with Crippen molar-refractivity contribution in [1.82, 2.24) is 9.97 Å². The number of benzene rings is 2. The third kappa shape index (κ3) is 4.05. The molecule has 116 valence electrons. The van der Waals surface area contributed by atoms with E-state index < -0.39 is 0 Å². The molecule has 4 nitrogen and oxygen atoms in total. The molecule has 0 saturated heterocycles. The lowest BCUT2D eigenvalue weighted by Crippen LogP contribution is -2.02. The van der Waals surface area contributed by atoms with E-state index in [1.807, 2.05) is 66.9 Å². The Morgan fingerprint density at radius 1 is 0.958 bits per heavy atom. The highest BCUT2D eigenvalue weighted by molar-refractivity contribution is 5.69. The van der Waals surface area contributed by atoms with Crippen molar-refractivity contribution in [2.75, 3.05) is 5.32 Å². The van der Waals surface area contributed by atoms with E-state index in [4.69, 9.17) is 5.26 Å². The lowest BCUT2D eigenvalue weighted by Gasteiger charge is -2.07. The van der Waals surface area contributed by atoms with Gasteiger partial charge in [-0.1, -0.05) is 66.7 Å².